The number of anilines is 2. The van der Waals surface area contributed by atoms with Crippen molar-refractivity contribution in [3.8, 4) is 0 Å². The molecule has 0 fully saturated rings. The molecule has 1 aromatic rings. The topological polar surface area (TPSA) is 38.0 Å². The van der Waals surface area contributed by atoms with Crippen LogP contribution in [0.4, 0.5) is 11.4 Å². The lowest BCUT2D eigenvalue weighted by molar-refractivity contribution is 0.689. The molecule has 0 saturated carbocycles. The first-order valence-corrected chi connectivity index (χ1v) is 7.79. The van der Waals surface area contributed by atoms with Crippen LogP contribution in [0.25, 0.3) is 0 Å². The first-order chi connectivity index (χ1) is 8.24. The third-order valence-corrected chi connectivity index (χ3v) is 3.54. The van der Waals surface area contributed by atoms with Gasteiger partial charge in [-0.05, 0) is 43.0 Å². The minimum atomic E-state index is 0.724. The zero-order chi connectivity index (χ0) is 12.5. The predicted octanol–water partition coefficient (Wildman–Crippen LogP) is 4.26. The number of nitrogens with one attached hydrogen (secondary N) is 1. The molecule has 96 valence electrons. The zero-order valence-electron chi connectivity index (χ0n) is 10.3. The maximum atomic E-state index is 5.92. The van der Waals surface area contributed by atoms with E-state index in [0.29, 0.717) is 0 Å². The summed E-state index contributed by atoms with van der Waals surface area (Å²) in [5.74, 6) is 1.27. The van der Waals surface area contributed by atoms with E-state index in [1.165, 1.54) is 31.4 Å². The van der Waals surface area contributed by atoms with E-state index >= 15 is 0 Å². The van der Waals surface area contributed by atoms with Gasteiger partial charge in [-0.15, -0.1) is 0 Å². The minimum absolute atomic E-state index is 0.724. The van der Waals surface area contributed by atoms with Gasteiger partial charge in [-0.1, -0.05) is 24.4 Å². The largest absolute Gasteiger partial charge is 0.397 e. The van der Waals surface area contributed by atoms with Gasteiger partial charge in [-0.2, -0.15) is 11.8 Å². The third-order valence-electron chi connectivity index (χ3n) is 2.61. The number of hydrogen-bond acceptors (Lipinski definition) is 3. The van der Waals surface area contributed by atoms with Gasteiger partial charge in [0.1, 0.15) is 0 Å². The first kappa shape index (κ1) is 14.5. The molecule has 2 nitrogen and oxygen atoms in total. The summed E-state index contributed by atoms with van der Waals surface area (Å²) < 4.78 is 0. The van der Waals surface area contributed by atoms with Crippen molar-refractivity contribution >= 4 is 34.7 Å². The molecule has 0 amide bonds. The van der Waals surface area contributed by atoms with Crippen LogP contribution in [0.1, 0.15) is 25.7 Å². The van der Waals surface area contributed by atoms with Crippen LogP contribution in [0.5, 0.6) is 0 Å². The molecule has 0 unspecified atom stereocenters. The third kappa shape index (κ3) is 6.08. The Hall–Kier alpha value is -0.540. The molecule has 0 aliphatic heterocycles. The molecule has 0 atom stereocenters. The fourth-order valence-corrected chi connectivity index (χ4v) is 2.29. The number of unbranched alkanes of at least 4 members (excludes halogenated alkanes) is 3. The van der Waals surface area contributed by atoms with Gasteiger partial charge >= 0.3 is 0 Å². The van der Waals surface area contributed by atoms with E-state index in [1.54, 1.807) is 0 Å². The average Bonchev–Trinajstić information content (AvgIpc) is 2.32. The van der Waals surface area contributed by atoms with Crippen LogP contribution in [-0.4, -0.2) is 18.6 Å². The van der Waals surface area contributed by atoms with Gasteiger partial charge in [0.25, 0.3) is 0 Å². The van der Waals surface area contributed by atoms with Crippen molar-refractivity contribution in [3.63, 3.8) is 0 Å². The number of nitrogens with two attached hydrogens (primary N) is 1. The Balaban J connectivity index is 2.15. The standard InChI is InChI=1S/C13H21ClN2S/c1-17-9-5-3-2-4-8-16-13-10-11(14)6-7-12(13)15/h6-7,10,16H,2-5,8-9,15H2,1H3. The monoisotopic (exact) mass is 272 g/mol. The normalized spacial score (nSPS) is 10.5. The van der Waals surface area contributed by atoms with E-state index in [-0.39, 0.29) is 0 Å². The highest BCUT2D eigenvalue weighted by Crippen LogP contribution is 2.22. The van der Waals surface area contributed by atoms with Crippen LogP contribution in [0, 0.1) is 0 Å². The smallest absolute Gasteiger partial charge is 0.0588 e. The molecule has 4 heteroatoms. The number of benzene rings is 1. The number of halogens is 1. The van der Waals surface area contributed by atoms with Crippen LogP contribution in [-0.2, 0) is 0 Å². The second-order valence-corrected chi connectivity index (χ2v) is 5.49. The van der Waals surface area contributed by atoms with Crippen LogP contribution in [0.2, 0.25) is 5.02 Å². The molecule has 3 N–H and O–H groups in total. The highest BCUT2D eigenvalue weighted by atomic mass is 35.5. The lowest BCUT2D eigenvalue weighted by Crippen LogP contribution is -2.04. The maximum absolute atomic E-state index is 5.92. The van der Waals surface area contributed by atoms with E-state index in [4.69, 9.17) is 17.3 Å². The van der Waals surface area contributed by atoms with E-state index in [2.05, 4.69) is 11.6 Å². The number of thioether (sulfide) groups is 1. The molecular weight excluding hydrogens is 252 g/mol. The first-order valence-electron chi connectivity index (χ1n) is 6.02. The Morgan fingerprint density at radius 2 is 2.00 bits per heavy atom. The summed E-state index contributed by atoms with van der Waals surface area (Å²) in [5, 5.41) is 4.05. The summed E-state index contributed by atoms with van der Waals surface area (Å²) >= 11 is 7.84. The molecule has 0 aliphatic carbocycles. The van der Waals surface area contributed by atoms with Crippen LogP contribution >= 0.6 is 23.4 Å². The van der Waals surface area contributed by atoms with E-state index in [9.17, 15) is 0 Å². The number of nitrogen functional groups attached to an aromatic ring is 1. The average molecular weight is 273 g/mol. The van der Waals surface area contributed by atoms with E-state index in [0.717, 1.165) is 22.9 Å². The Kier molecular flexibility index (Phi) is 7.29. The summed E-state index contributed by atoms with van der Waals surface area (Å²) in [6.45, 7) is 0.962. The van der Waals surface area contributed by atoms with Crippen LogP contribution in [0.15, 0.2) is 18.2 Å². The summed E-state index contributed by atoms with van der Waals surface area (Å²) in [4.78, 5) is 0. The van der Waals surface area contributed by atoms with Gasteiger partial charge in [-0.25, -0.2) is 0 Å². The van der Waals surface area contributed by atoms with E-state index < -0.39 is 0 Å². The molecule has 0 heterocycles. The molecule has 1 rings (SSSR count). The second-order valence-electron chi connectivity index (χ2n) is 4.07. The van der Waals surface area contributed by atoms with E-state index in [1.807, 2.05) is 30.0 Å². The zero-order valence-corrected chi connectivity index (χ0v) is 11.9. The summed E-state index contributed by atoms with van der Waals surface area (Å²) in [7, 11) is 0. The van der Waals surface area contributed by atoms with Gasteiger partial charge < -0.3 is 11.1 Å². The Bertz CT molecular complexity index is 331. The number of rotatable bonds is 8. The van der Waals surface area contributed by atoms with Crippen molar-refractivity contribution in [1.82, 2.24) is 0 Å². The predicted molar refractivity (Wildman–Crippen MR) is 81.2 cm³/mol. The molecule has 1 aromatic carbocycles. The highest BCUT2D eigenvalue weighted by Gasteiger charge is 1.99. The van der Waals surface area contributed by atoms with Gasteiger partial charge in [0, 0.05) is 11.6 Å². The summed E-state index contributed by atoms with van der Waals surface area (Å²) in [6.07, 6.45) is 7.24. The van der Waals surface area contributed by atoms with Crippen molar-refractivity contribution in [2.45, 2.75) is 25.7 Å². The quantitative estimate of drug-likeness (QED) is 0.549. The van der Waals surface area contributed by atoms with Gasteiger partial charge in [0.15, 0.2) is 0 Å². The Morgan fingerprint density at radius 3 is 2.76 bits per heavy atom. The molecule has 0 aromatic heterocycles. The summed E-state index contributed by atoms with van der Waals surface area (Å²) in [5.41, 5.74) is 7.55. The number of hydrogen-bond donors (Lipinski definition) is 2. The Morgan fingerprint density at radius 1 is 1.24 bits per heavy atom. The van der Waals surface area contributed by atoms with Crippen molar-refractivity contribution in [3.05, 3.63) is 23.2 Å². The fourth-order valence-electron chi connectivity index (χ4n) is 1.63. The maximum Gasteiger partial charge on any atom is 0.0588 e. The highest BCUT2D eigenvalue weighted by molar-refractivity contribution is 7.98. The van der Waals surface area contributed by atoms with Gasteiger partial charge in [0.2, 0.25) is 0 Å². The van der Waals surface area contributed by atoms with Crippen molar-refractivity contribution < 1.29 is 0 Å². The lowest BCUT2D eigenvalue weighted by Gasteiger charge is -2.09. The van der Waals surface area contributed by atoms with Crippen molar-refractivity contribution in [2.24, 2.45) is 0 Å². The Labute approximate surface area is 113 Å². The van der Waals surface area contributed by atoms with Gasteiger partial charge in [0.05, 0.1) is 11.4 Å². The summed E-state index contributed by atoms with van der Waals surface area (Å²) in [6, 6.07) is 5.53. The fraction of sp³-hybridized carbons (Fsp3) is 0.538. The SMILES string of the molecule is CSCCCCCCNc1cc(Cl)ccc1N. The molecule has 0 aliphatic rings. The molecule has 17 heavy (non-hydrogen) atoms. The van der Waals surface area contributed by atoms with Crippen molar-refractivity contribution in [2.75, 3.05) is 29.6 Å². The minimum Gasteiger partial charge on any atom is -0.397 e. The molecular formula is C13H21ClN2S. The second kappa shape index (κ2) is 8.54. The molecule has 0 radical (unpaired) electrons. The van der Waals surface area contributed by atoms with Crippen LogP contribution < -0.4 is 11.1 Å². The van der Waals surface area contributed by atoms with Crippen molar-refractivity contribution in [1.29, 1.82) is 0 Å². The van der Waals surface area contributed by atoms with Crippen LogP contribution in [0.3, 0.4) is 0 Å². The lowest BCUT2D eigenvalue weighted by atomic mass is 10.2. The molecule has 0 saturated heterocycles. The van der Waals surface area contributed by atoms with Gasteiger partial charge in [-0.3, -0.25) is 0 Å². The molecule has 0 bridgehead atoms. The molecule has 0 spiro atoms.